The summed E-state index contributed by atoms with van der Waals surface area (Å²) in [4.78, 5) is 6.32. The Kier molecular flexibility index (Phi) is 2.87. The summed E-state index contributed by atoms with van der Waals surface area (Å²) in [6.45, 7) is 1.84. The molecule has 6 nitrogen and oxygen atoms in total. The summed E-state index contributed by atoms with van der Waals surface area (Å²) in [5.41, 5.74) is 13.9. The van der Waals surface area contributed by atoms with E-state index in [1.807, 2.05) is 6.07 Å². The van der Waals surface area contributed by atoms with Gasteiger partial charge in [0.1, 0.15) is 16.4 Å². The van der Waals surface area contributed by atoms with Gasteiger partial charge in [0.15, 0.2) is 5.82 Å². The summed E-state index contributed by atoms with van der Waals surface area (Å²) in [5, 5.41) is 4.20. The maximum absolute atomic E-state index is 6.03. The third kappa shape index (κ3) is 1.83. The molecule has 0 spiro atoms. The van der Waals surface area contributed by atoms with Gasteiger partial charge in [0, 0.05) is 19.1 Å². The number of anilines is 2. The van der Waals surface area contributed by atoms with Crippen LogP contribution < -0.4 is 16.4 Å². The van der Waals surface area contributed by atoms with Crippen LogP contribution in [-0.2, 0) is 0 Å². The van der Waals surface area contributed by atoms with Crippen molar-refractivity contribution in [1.82, 2.24) is 14.6 Å². The molecule has 0 bridgehead atoms. The molecular weight excluding hydrogens is 296 g/mol. The minimum atomic E-state index is 0.221. The number of halogens is 1. The van der Waals surface area contributed by atoms with Gasteiger partial charge in [-0.3, -0.25) is 0 Å². The standard InChI is InChI=1S/C11H15BrN6/c12-9-4-8(17-3-1-2-7(13)5-17)10-11(14)15-6-16-18(9)10/h4,6-7H,1-3,5,13H2,(H2,14,15,16)/t7-/m1/s1. The van der Waals surface area contributed by atoms with Crippen LogP contribution in [-0.4, -0.2) is 33.7 Å². The van der Waals surface area contributed by atoms with E-state index in [4.69, 9.17) is 11.5 Å². The van der Waals surface area contributed by atoms with Crippen LogP contribution in [0.25, 0.3) is 5.52 Å². The Bertz CT molecular complexity index is 580. The molecule has 1 saturated heterocycles. The smallest absolute Gasteiger partial charge is 0.153 e. The third-order valence-corrected chi connectivity index (χ3v) is 3.88. The number of rotatable bonds is 1. The predicted octanol–water partition coefficient (Wildman–Crippen LogP) is 1.00. The first kappa shape index (κ1) is 11.7. The van der Waals surface area contributed by atoms with Crippen LogP contribution in [0.5, 0.6) is 0 Å². The monoisotopic (exact) mass is 310 g/mol. The first-order chi connectivity index (χ1) is 8.66. The highest BCUT2D eigenvalue weighted by molar-refractivity contribution is 9.10. The predicted molar refractivity (Wildman–Crippen MR) is 74.5 cm³/mol. The van der Waals surface area contributed by atoms with Crippen LogP contribution in [0.2, 0.25) is 0 Å². The molecule has 1 aliphatic heterocycles. The zero-order valence-corrected chi connectivity index (χ0v) is 11.5. The normalized spacial score (nSPS) is 20.6. The number of nitrogens with zero attached hydrogens (tertiary/aromatic N) is 4. The molecule has 2 aromatic heterocycles. The van der Waals surface area contributed by atoms with Crippen molar-refractivity contribution in [3.63, 3.8) is 0 Å². The Labute approximate surface area is 113 Å². The molecule has 2 aromatic rings. The highest BCUT2D eigenvalue weighted by Crippen LogP contribution is 2.32. The van der Waals surface area contributed by atoms with Crippen molar-refractivity contribution in [2.75, 3.05) is 23.7 Å². The van der Waals surface area contributed by atoms with E-state index in [1.54, 1.807) is 4.52 Å². The zero-order chi connectivity index (χ0) is 12.7. The molecule has 0 saturated carbocycles. The fraction of sp³-hybridized carbons (Fsp3) is 0.455. The van der Waals surface area contributed by atoms with E-state index in [2.05, 4.69) is 30.9 Å². The van der Waals surface area contributed by atoms with Crippen LogP contribution in [0.15, 0.2) is 17.0 Å². The minimum absolute atomic E-state index is 0.221. The largest absolute Gasteiger partial charge is 0.382 e. The molecule has 96 valence electrons. The summed E-state index contributed by atoms with van der Waals surface area (Å²) in [6.07, 6.45) is 3.64. The van der Waals surface area contributed by atoms with E-state index in [0.29, 0.717) is 5.82 Å². The molecule has 0 aromatic carbocycles. The van der Waals surface area contributed by atoms with Crippen LogP contribution in [0.3, 0.4) is 0 Å². The van der Waals surface area contributed by atoms with Crippen LogP contribution in [0, 0.1) is 0 Å². The Hall–Kier alpha value is -1.34. The van der Waals surface area contributed by atoms with Crippen molar-refractivity contribution in [2.24, 2.45) is 5.73 Å². The van der Waals surface area contributed by atoms with Gasteiger partial charge in [0.05, 0.1) is 5.69 Å². The zero-order valence-electron chi connectivity index (χ0n) is 9.88. The molecule has 3 rings (SSSR count). The number of nitrogens with two attached hydrogens (primary N) is 2. The lowest BCUT2D eigenvalue weighted by atomic mass is 10.1. The van der Waals surface area contributed by atoms with Gasteiger partial charge in [-0.25, -0.2) is 9.50 Å². The lowest BCUT2D eigenvalue weighted by molar-refractivity contribution is 0.507. The molecule has 1 aliphatic rings. The molecule has 1 atom stereocenters. The van der Waals surface area contributed by atoms with Gasteiger partial charge >= 0.3 is 0 Å². The number of hydrogen-bond acceptors (Lipinski definition) is 5. The van der Waals surface area contributed by atoms with E-state index in [1.165, 1.54) is 6.33 Å². The Morgan fingerprint density at radius 1 is 1.44 bits per heavy atom. The van der Waals surface area contributed by atoms with Crippen molar-refractivity contribution in [2.45, 2.75) is 18.9 Å². The maximum atomic E-state index is 6.03. The van der Waals surface area contributed by atoms with Crippen molar-refractivity contribution in [1.29, 1.82) is 0 Å². The molecule has 0 unspecified atom stereocenters. The molecule has 0 amide bonds. The van der Waals surface area contributed by atoms with Gasteiger partial charge < -0.3 is 16.4 Å². The summed E-state index contributed by atoms with van der Waals surface area (Å²) >= 11 is 3.49. The van der Waals surface area contributed by atoms with Crippen LogP contribution in [0.1, 0.15) is 12.8 Å². The topological polar surface area (TPSA) is 85.5 Å². The van der Waals surface area contributed by atoms with Gasteiger partial charge in [-0.1, -0.05) is 0 Å². The van der Waals surface area contributed by atoms with Crippen molar-refractivity contribution >= 4 is 33.0 Å². The second kappa shape index (κ2) is 4.40. The molecule has 4 N–H and O–H groups in total. The third-order valence-electron chi connectivity index (χ3n) is 3.32. The fourth-order valence-corrected chi connectivity index (χ4v) is 2.97. The van der Waals surface area contributed by atoms with Crippen LogP contribution in [0.4, 0.5) is 11.5 Å². The molecule has 3 heterocycles. The quantitative estimate of drug-likeness (QED) is 0.821. The summed E-state index contributed by atoms with van der Waals surface area (Å²) in [6, 6.07) is 2.25. The molecule has 7 heteroatoms. The van der Waals surface area contributed by atoms with E-state index in [-0.39, 0.29) is 6.04 Å². The summed E-state index contributed by atoms with van der Waals surface area (Å²) in [7, 11) is 0. The van der Waals surface area contributed by atoms with Crippen molar-refractivity contribution in [3.05, 3.63) is 17.0 Å². The summed E-state index contributed by atoms with van der Waals surface area (Å²) < 4.78 is 2.64. The average molecular weight is 311 g/mol. The molecule has 0 radical (unpaired) electrons. The number of hydrogen-bond donors (Lipinski definition) is 2. The van der Waals surface area contributed by atoms with Gasteiger partial charge in [-0.2, -0.15) is 5.10 Å². The van der Waals surface area contributed by atoms with E-state index in [9.17, 15) is 0 Å². The molecule has 1 fully saturated rings. The average Bonchev–Trinajstić information content (AvgIpc) is 2.69. The highest BCUT2D eigenvalue weighted by atomic mass is 79.9. The Morgan fingerprint density at radius 3 is 3.06 bits per heavy atom. The van der Waals surface area contributed by atoms with Gasteiger partial charge in [-0.05, 0) is 34.8 Å². The molecule has 18 heavy (non-hydrogen) atoms. The second-order valence-electron chi connectivity index (χ2n) is 4.61. The SMILES string of the molecule is Nc1ncnn2c(Br)cc(N3CCC[C@@H](N)C3)c12. The molecule has 0 aliphatic carbocycles. The van der Waals surface area contributed by atoms with E-state index < -0.39 is 0 Å². The lowest BCUT2D eigenvalue weighted by Crippen LogP contribution is -2.42. The van der Waals surface area contributed by atoms with Crippen molar-refractivity contribution < 1.29 is 0 Å². The second-order valence-corrected chi connectivity index (χ2v) is 5.42. The number of nitrogen functional groups attached to an aromatic ring is 1. The first-order valence-electron chi connectivity index (χ1n) is 5.95. The number of fused-ring (bicyclic) bond motifs is 1. The highest BCUT2D eigenvalue weighted by Gasteiger charge is 2.22. The lowest BCUT2D eigenvalue weighted by Gasteiger charge is -2.32. The van der Waals surface area contributed by atoms with Crippen LogP contribution >= 0.6 is 15.9 Å². The maximum Gasteiger partial charge on any atom is 0.153 e. The Balaban J connectivity index is 2.11. The van der Waals surface area contributed by atoms with Gasteiger partial charge in [0.2, 0.25) is 0 Å². The number of piperidine rings is 1. The first-order valence-corrected chi connectivity index (χ1v) is 6.74. The number of aromatic nitrogens is 3. The summed E-state index contributed by atoms with van der Waals surface area (Å²) in [5.74, 6) is 0.491. The van der Waals surface area contributed by atoms with Gasteiger partial charge in [0.25, 0.3) is 0 Å². The fourth-order valence-electron chi connectivity index (χ4n) is 2.48. The van der Waals surface area contributed by atoms with Crippen molar-refractivity contribution in [3.8, 4) is 0 Å². The Morgan fingerprint density at radius 2 is 2.28 bits per heavy atom. The van der Waals surface area contributed by atoms with E-state index in [0.717, 1.165) is 41.7 Å². The molecular formula is C11H15BrN6. The van der Waals surface area contributed by atoms with E-state index >= 15 is 0 Å². The van der Waals surface area contributed by atoms with Gasteiger partial charge in [-0.15, -0.1) is 0 Å². The minimum Gasteiger partial charge on any atom is -0.382 e.